The number of nitrogens with two attached hydrogens (primary N) is 1. The molecule has 0 aromatic heterocycles. The zero-order valence-corrected chi connectivity index (χ0v) is 15.6. The van der Waals surface area contributed by atoms with E-state index in [1.54, 1.807) is 0 Å². The Labute approximate surface area is 165 Å². The number of nitro groups is 1. The van der Waals surface area contributed by atoms with Gasteiger partial charge in [0, 0.05) is 16.7 Å². The number of nitro benzene ring substituents is 1. The second-order valence-corrected chi connectivity index (χ2v) is 7.04. The first-order valence-corrected chi connectivity index (χ1v) is 9.03. The zero-order chi connectivity index (χ0) is 20.3. The maximum atomic E-state index is 12.5. The molecule has 0 unspecified atom stereocenters. The molecule has 0 heterocycles. The molecule has 3 rings (SSSR count). The van der Waals surface area contributed by atoms with Crippen LogP contribution in [0.5, 0.6) is 11.5 Å². The summed E-state index contributed by atoms with van der Waals surface area (Å²) in [6, 6.07) is 10.1. The minimum atomic E-state index is -1.00. The normalized spacial score (nSPS) is 15.0. The molecule has 0 spiro atoms. The summed E-state index contributed by atoms with van der Waals surface area (Å²) >= 11 is 5.79. The molecule has 9 heteroatoms. The van der Waals surface area contributed by atoms with Crippen LogP contribution in [0.25, 0.3) is 0 Å². The van der Waals surface area contributed by atoms with Crippen LogP contribution in [0.3, 0.4) is 0 Å². The molecule has 0 aliphatic heterocycles. The fourth-order valence-corrected chi connectivity index (χ4v) is 3.39. The number of carbonyl (C=O) groups excluding carboxylic acids is 2. The molecule has 0 saturated heterocycles. The third-order valence-corrected chi connectivity index (χ3v) is 4.98. The van der Waals surface area contributed by atoms with E-state index in [0.29, 0.717) is 24.2 Å². The predicted molar refractivity (Wildman–Crippen MR) is 102 cm³/mol. The van der Waals surface area contributed by atoms with Gasteiger partial charge in [0.05, 0.1) is 4.92 Å². The van der Waals surface area contributed by atoms with Crippen LogP contribution in [0, 0.1) is 10.1 Å². The molecule has 1 fully saturated rings. The molecule has 2 aromatic rings. The Morgan fingerprint density at radius 2 is 1.79 bits per heavy atom. The molecule has 1 saturated carbocycles. The number of hydrogen-bond donors (Lipinski definition) is 2. The third kappa shape index (κ3) is 4.07. The van der Waals surface area contributed by atoms with Crippen LogP contribution < -0.4 is 15.8 Å². The maximum Gasteiger partial charge on any atom is 0.313 e. The van der Waals surface area contributed by atoms with Crippen molar-refractivity contribution in [3.05, 3.63) is 63.2 Å². The van der Waals surface area contributed by atoms with Crippen molar-refractivity contribution in [2.24, 2.45) is 5.73 Å². The van der Waals surface area contributed by atoms with E-state index in [-0.39, 0.29) is 16.5 Å². The fourth-order valence-electron chi connectivity index (χ4n) is 3.22. The van der Waals surface area contributed by atoms with Gasteiger partial charge < -0.3 is 15.8 Å². The Kier molecular flexibility index (Phi) is 5.51. The summed E-state index contributed by atoms with van der Waals surface area (Å²) in [5.41, 5.74) is 4.54. The van der Waals surface area contributed by atoms with Crippen molar-refractivity contribution in [3.8, 4) is 11.5 Å². The molecule has 0 bridgehead atoms. The molecule has 2 aromatic carbocycles. The van der Waals surface area contributed by atoms with Crippen LogP contribution in [-0.4, -0.2) is 22.3 Å². The van der Waals surface area contributed by atoms with E-state index in [9.17, 15) is 19.7 Å². The molecular formula is C19H18ClN3O5. The van der Waals surface area contributed by atoms with Gasteiger partial charge in [0.25, 0.3) is 5.91 Å². The van der Waals surface area contributed by atoms with Crippen molar-refractivity contribution >= 4 is 29.1 Å². The van der Waals surface area contributed by atoms with E-state index in [2.05, 4.69) is 5.32 Å². The Morgan fingerprint density at radius 1 is 1.14 bits per heavy atom. The summed E-state index contributed by atoms with van der Waals surface area (Å²) in [5, 5.41) is 14.1. The highest BCUT2D eigenvalue weighted by molar-refractivity contribution is 6.30. The van der Waals surface area contributed by atoms with E-state index >= 15 is 0 Å². The first-order chi connectivity index (χ1) is 13.3. The van der Waals surface area contributed by atoms with Gasteiger partial charge in [-0.05, 0) is 49.2 Å². The van der Waals surface area contributed by atoms with Crippen LogP contribution in [0.1, 0.15) is 36.0 Å². The number of carbonyl (C=O) groups is 2. The van der Waals surface area contributed by atoms with Crippen molar-refractivity contribution in [2.75, 3.05) is 0 Å². The number of primary amides is 1. The highest BCUT2D eigenvalue weighted by Crippen LogP contribution is 2.34. The van der Waals surface area contributed by atoms with Crippen LogP contribution >= 0.6 is 11.6 Å². The standard InChI is InChI=1S/C19H18ClN3O5/c20-13-5-8-16(15(11-13)23(26)27)28-14-6-3-12(4-7-14)17(24)22-19(18(21)25)9-1-2-10-19/h3-8,11H,1-2,9-10H2,(H2,21,25)(H,22,24). The van der Waals surface area contributed by atoms with Crippen molar-refractivity contribution < 1.29 is 19.2 Å². The van der Waals surface area contributed by atoms with Gasteiger partial charge in [-0.3, -0.25) is 19.7 Å². The minimum Gasteiger partial charge on any atom is -0.450 e. The average Bonchev–Trinajstić information content (AvgIpc) is 3.13. The topological polar surface area (TPSA) is 125 Å². The first-order valence-electron chi connectivity index (χ1n) is 8.65. The summed E-state index contributed by atoms with van der Waals surface area (Å²) in [5.74, 6) is -0.601. The van der Waals surface area contributed by atoms with Gasteiger partial charge in [0.15, 0.2) is 0 Å². The highest BCUT2D eigenvalue weighted by atomic mass is 35.5. The van der Waals surface area contributed by atoms with Crippen LogP contribution in [0.15, 0.2) is 42.5 Å². The summed E-state index contributed by atoms with van der Waals surface area (Å²) < 4.78 is 5.55. The smallest absolute Gasteiger partial charge is 0.313 e. The molecule has 3 N–H and O–H groups in total. The number of nitrogens with zero attached hydrogens (tertiary/aromatic N) is 1. The van der Waals surface area contributed by atoms with E-state index in [0.717, 1.165) is 12.8 Å². The van der Waals surface area contributed by atoms with Gasteiger partial charge in [-0.2, -0.15) is 0 Å². The van der Waals surface area contributed by atoms with Crippen LogP contribution in [0.2, 0.25) is 5.02 Å². The number of nitrogens with one attached hydrogen (secondary N) is 1. The lowest BCUT2D eigenvalue weighted by molar-refractivity contribution is -0.385. The maximum absolute atomic E-state index is 12.5. The van der Waals surface area contributed by atoms with Gasteiger partial charge in [-0.1, -0.05) is 24.4 Å². The minimum absolute atomic E-state index is 0.0326. The summed E-state index contributed by atoms with van der Waals surface area (Å²) in [6.45, 7) is 0. The Balaban J connectivity index is 1.74. The van der Waals surface area contributed by atoms with Gasteiger partial charge in [0.1, 0.15) is 11.3 Å². The Bertz CT molecular complexity index is 924. The van der Waals surface area contributed by atoms with E-state index < -0.39 is 22.3 Å². The van der Waals surface area contributed by atoms with Crippen molar-refractivity contribution in [1.82, 2.24) is 5.32 Å². The molecule has 1 aliphatic carbocycles. The molecule has 2 amide bonds. The van der Waals surface area contributed by atoms with Gasteiger partial charge in [0.2, 0.25) is 11.7 Å². The third-order valence-electron chi connectivity index (χ3n) is 4.74. The Morgan fingerprint density at radius 3 is 2.36 bits per heavy atom. The molecule has 8 nitrogen and oxygen atoms in total. The number of ether oxygens (including phenoxy) is 1. The number of amides is 2. The molecule has 0 radical (unpaired) electrons. The van der Waals surface area contributed by atoms with E-state index in [1.807, 2.05) is 0 Å². The SMILES string of the molecule is NC(=O)C1(NC(=O)c2ccc(Oc3ccc(Cl)cc3[N+](=O)[O-])cc2)CCCC1. The molecule has 0 atom stereocenters. The van der Waals surface area contributed by atoms with Crippen LogP contribution in [0.4, 0.5) is 5.69 Å². The molecule has 1 aliphatic rings. The quantitative estimate of drug-likeness (QED) is 0.563. The lowest BCUT2D eigenvalue weighted by atomic mass is 9.96. The summed E-state index contributed by atoms with van der Waals surface area (Å²) in [4.78, 5) is 34.8. The largest absolute Gasteiger partial charge is 0.450 e. The fraction of sp³-hybridized carbons (Fsp3) is 0.263. The van der Waals surface area contributed by atoms with Crippen molar-refractivity contribution in [2.45, 2.75) is 31.2 Å². The monoisotopic (exact) mass is 403 g/mol. The summed E-state index contributed by atoms with van der Waals surface area (Å²) in [6.07, 6.45) is 2.71. The predicted octanol–water partition coefficient (Wildman–Crippen LogP) is 3.57. The van der Waals surface area contributed by atoms with Crippen molar-refractivity contribution in [1.29, 1.82) is 0 Å². The number of benzene rings is 2. The highest BCUT2D eigenvalue weighted by Gasteiger charge is 2.41. The number of halogens is 1. The molecule has 146 valence electrons. The summed E-state index contributed by atoms with van der Waals surface area (Å²) in [7, 11) is 0. The molecular weight excluding hydrogens is 386 g/mol. The second kappa shape index (κ2) is 7.85. The van der Waals surface area contributed by atoms with Crippen LogP contribution in [-0.2, 0) is 4.79 Å². The lowest BCUT2D eigenvalue weighted by Gasteiger charge is -2.26. The first kappa shape index (κ1) is 19.6. The molecule has 28 heavy (non-hydrogen) atoms. The van der Waals surface area contributed by atoms with Gasteiger partial charge >= 0.3 is 5.69 Å². The number of rotatable bonds is 6. The number of hydrogen-bond acceptors (Lipinski definition) is 5. The Hall–Kier alpha value is -3.13. The zero-order valence-electron chi connectivity index (χ0n) is 14.8. The van der Waals surface area contributed by atoms with Gasteiger partial charge in [-0.15, -0.1) is 0 Å². The lowest BCUT2D eigenvalue weighted by Crippen LogP contribution is -2.55. The second-order valence-electron chi connectivity index (χ2n) is 6.60. The van der Waals surface area contributed by atoms with Crippen molar-refractivity contribution in [3.63, 3.8) is 0 Å². The van der Waals surface area contributed by atoms with Gasteiger partial charge in [-0.25, -0.2) is 0 Å². The van der Waals surface area contributed by atoms with E-state index in [1.165, 1.54) is 42.5 Å². The average molecular weight is 404 g/mol. The van der Waals surface area contributed by atoms with E-state index in [4.69, 9.17) is 22.1 Å².